The lowest BCUT2D eigenvalue weighted by Crippen LogP contribution is -2.22. The molecule has 0 saturated heterocycles. The Morgan fingerprint density at radius 2 is 2.06 bits per heavy atom. The Morgan fingerprint density at radius 1 is 1.41 bits per heavy atom. The molecule has 0 radical (unpaired) electrons. The van der Waals surface area contributed by atoms with Crippen molar-refractivity contribution in [2.75, 3.05) is 27.2 Å². The summed E-state index contributed by atoms with van der Waals surface area (Å²) in [6.45, 7) is 0.954. The first-order valence-corrected chi connectivity index (χ1v) is 5.41. The Labute approximate surface area is 101 Å². The molecule has 0 aliphatic rings. The van der Waals surface area contributed by atoms with Crippen LogP contribution in [-0.2, 0) is 9.53 Å². The number of carbonyl (C=O) groups is 1. The minimum absolute atomic E-state index is 0.302. The van der Waals surface area contributed by atoms with Gasteiger partial charge in [-0.3, -0.25) is 4.79 Å². The third-order valence-corrected chi connectivity index (χ3v) is 2.28. The topological polar surface area (TPSA) is 53.3 Å². The molecule has 1 rings (SSSR count). The molecule has 1 unspecified atom stereocenters. The summed E-state index contributed by atoms with van der Waals surface area (Å²) in [5.74, 6) is -1.32. The molecule has 0 heterocycles. The predicted octanol–water partition coefficient (Wildman–Crippen LogP) is 1.40. The zero-order chi connectivity index (χ0) is 12.7. The van der Waals surface area contributed by atoms with Crippen LogP contribution in [0.4, 0.5) is 0 Å². The summed E-state index contributed by atoms with van der Waals surface area (Å²) in [4.78, 5) is 13.6. The van der Waals surface area contributed by atoms with Crippen LogP contribution in [0.2, 0.25) is 0 Å². The molecular weight excluding hydrogens is 216 g/mol. The van der Waals surface area contributed by atoms with Crippen LogP contribution in [0.1, 0.15) is 11.5 Å². The van der Waals surface area contributed by atoms with E-state index in [2.05, 4.69) is 0 Å². The van der Waals surface area contributed by atoms with E-state index in [0.29, 0.717) is 18.7 Å². The van der Waals surface area contributed by atoms with Gasteiger partial charge in [-0.15, -0.1) is 0 Å². The van der Waals surface area contributed by atoms with Crippen LogP contribution in [0.3, 0.4) is 0 Å². The summed E-state index contributed by atoms with van der Waals surface area (Å²) in [5, 5.41) is 9.00. The molecular formula is C13H16N2O2. The van der Waals surface area contributed by atoms with Crippen LogP contribution < -0.4 is 0 Å². The standard InChI is InChI=1S/C13H16N2O2/c1-15(2)8-9-17-13(16)12(10-14)11-6-4-3-5-7-11/h3-7,12H,8-9H2,1-2H3. The van der Waals surface area contributed by atoms with Gasteiger partial charge in [-0.05, 0) is 19.7 Å². The van der Waals surface area contributed by atoms with E-state index in [0.717, 1.165) is 0 Å². The predicted molar refractivity (Wildman–Crippen MR) is 64.3 cm³/mol. The van der Waals surface area contributed by atoms with Gasteiger partial charge in [-0.2, -0.15) is 5.26 Å². The van der Waals surface area contributed by atoms with E-state index in [9.17, 15) is 4.79 Å². The Balaban J connectivity index is 2.57. The van der Waals surface area contributed by atoms with Crippen molar-refractivity contribution in [2.45, 2.75) is 5.92 Å². The Kier molecular flexibility index (Phi) is 5.18. The minimum Gasteiger partial charge on any atom is -0.463 e. The van der Waals surface area contributed by atoms with Crippen LogP contribution in [-0.4, -0.2) is 38.1 Å². The van der Waals surface area contributed by atoms with Crippen molar-refractivity contribution in [1.29, 1.82) is 5.26 Å². The summed E-state index contributed by atoms with van der Waals surface area (Å²) in [6, 6.07) is 10.9. The van der Waals surface area contributed by atoms with Gasteiger partial charge < -0.3 is 9.64 Å². The fraction of sp³-hybridized carbons (Fsp3) is 0.385. The molecule has 0 saturated carbocycles. The number of nitriles is 1. The molecule has 4 heteroatoms. The first-order chi connectivity index (χ1) is 8.15. The summed E-state index contributed by atoms with van der Waals surface area (Å²) >= 11 is 0. The highest BCUT2D eigenvalue weighted by atomic mass is 16.5. The highest BCUT2D eigenvalue weighted by molar-refractivity contribution is 5.81. The van der Waals surface area contributed by atoms with Crippen molar-refractivity contribution in [3.8, 4) is 6.07 Å². The summed E-state index contributed by atoms with van der Waals surface area (Å²) in [5.41, 5.74) is 0.671. The van der Waals surface area contributed by atoms with Crippen LogP contribution in [0.5, 0.6) is 0 Å². The molecule has 90 valence electrons. The molecule has 0 bridgehead atoms. The second kappa shape index (κ2) is 6.66. The van der Waals surface area contributed by atoms with E-state index in [-0.39, 0.29) is 0 Å². The summed E-state index contributed by atoms with van der Waals surface area (Å²) in [7, 11) is 3.79. The maximum absolute atomic E-state index is 11.7. The summed E-state index contributed by atoms with van der Waals surface area (Å²) < 4.78 is 5.06. The van der Waals surface area contributed by atoms with Gasteiger partial charge in [0, 0.05) is 6.54 Å². The van der Waals surface area contributed by atoms with E-state index >= 15 is 0 Å². The van der Waals surface area contributed by atoms with E-state index in [1.165, 1.54) is 0 Å². The number of hydrogen-bond donors (Lipinski definition) is 0. The fourth-order valence-corrected chi connectivity index (χ4v) is 1.32. The third-order valence-electron chi connectivity index (χ3n) is 2.28. The average molecular weight is 232 g/mol. The molecule has 17 heavy (non-hydrogen) atoms. The number of esters is 1. The maximum Gasteiger partial charge on any atom is 0.327 e. The smallest absolute Gasteiger partial charge is 0.327 e. The average Bonchev–Trinajstić information content (AvgIpc) is 2.31. The number of likely N-dealkylation sites (N-methyl/N-ethyl adjacent to an activating group) is 1. The number of benzene rings is 1. The molecule has 0 spiro atoms. The fourth-order valence-electron chi connectivity index (χ4n) is 1.32. The van der Waals surface area contributed by atoms with Gasteiger partial charge in [-0.25, -0.2) is 0 Å². The van der Waals surface area contributed by atoms with Crippen molar-refractivity contribution in [3.63, 3.8) is 0 Å². The van der Waals surface area contributed by atoms with Crippen LogP contribution >= 0.6 is 0 Å². The Morgan fingerprint density at radius 3 is 2.59 bits per heavy atom. The van der Waals surface area contributed by atoms with E-state index in [1.54, 1.807) is 24.3 Å². The molecule has 1 aromatic carbocycles. The maximum atomic E-state index is 11.7. The normalized spacial score (nSPS) is 11.9. The van der Waals surface area contributed by atoms with Crippen molar-refractivity contribution >= 4 is 5.97 Å². The molecule has 1 atom stereocenters. The molecule has 0 aliphatic carbocycles. The number of hydrogen-bond acceptors (Lipinski definition) is 4. The number of ether oxygens (including phenoxy) is 1. The molecule has 1 aromatic rings. The largest absolute Gasteiger partial charge is 0.463 e. The molecule has 4 nitrogen and oxygen atoms in total. The minimum atomic E-state index is -0.835. The third kappa shape index (κ3) is 4.25. The molecule has 0 amide bonds. The zero-order valence-corrected chi connectivity index (χ0v) is 10.1. The lowest BCUT2D eigenvalue weighted by molar-refractivity contribution is -0.144. The summed E-state index contributed by atoms with van der Waals surface area (Å²) in [6.07, 6.45) is 0. The molecule has 0 N–H and O–H groups in total. The lowest BCUT2D eigenvalue weighted by Gasteiger charge is -2.12. The van der Waals surface area contributed by atoms with E-state index in [1.807, 2.05) is 31.1 Å². The van der Waals surface area contributed by atoms with Gasteiger partial charge in [0.25, 0.3) is 0 Å². The van der Waals surface area contributed by atoms with Gasteiger partial charge >= 0.3 is 5.97 Å². The highest BCUT2D eigenvalue weighted by Crippen LogP contribution is 2.15. The van der Waals surface area contributed by atoms with Crippen molar-refractivity contribution in [1.82, 2.24) is 4.90 Å². The number of carbonyl (C=O) groups excluding carboxylic acids is 1. The van der Waals surface area contributed by atoms with Crippen molar-refractivity contribution in [2.24, 2.45) is 0 Å². The molecule has 0 aliphatic heterocycles. The molecule has 0 aromatic heterocycles. The SMILES string of the molecule is CN(C)CCOC(=O)C(C#N)c1ccccc1. The molecule has 0 fully saturated rings. The van der Waals surface area contributed by atoms with Crippen molar-refractivity contribution < 1.29 is 9.53 Å². The first kappa shape index (κ1) is 13.2. The quantitative estimate of drug-likeness (QED) is 0.720. The highest BCUT2D eigenvalue weighted by Gasteiger charge is 2.21. The first-order valence-electron chi connectivity index (χ1n) is 5.41. The Bertz CT molecular complexity index is 396. The number of rotatable bonds is 5. The van der Waals surface area contributed by atoms with Crippen molar-refractivity contribution in [3.05, 3.63) is 35.9 Å². The van der Waals surface area contributed by atoms with Gasteiger partial charge in [0.1, 0.15) is 6.61 Å². The van der Waals surface area contributed by atoms with Gasteiger partial charge in [-0.1, -0.05) is 30.3 Å². The van der Waals surface area contributed by atoms with E-state index in [4.69, 9.17) is 10.00 Å². The van der Waals surface area contributed by atoms with Gasteiger partial charge in [0.05, 0.1) is 6.07 Å². The van der Waals surface area contributed by atoms with E-state index < -0.39 is 11.9 Å². The van der Waals surface area contributed by atoms with Crippen LogP contribution in [0, 0.1) is 11.3 Å². The Hall–Kier alpha value is -1.86. The van der Waals surface area contributed by atoms with Gasteiger partial charge in [0.2, 0.25) is 0 Å². The second-order valence-corrected chi connectivity index (χ2v) is 3.94. The second-order valence-electron chi connectivity index (χ2n) is 3.94. The van der Waals surface area contributed by atoms with Crippen LogP contribution in [0.25, 0.3) is 0 Å². The number of nitrogens with zero attached hydrogens (tertiary/aromatic N) is 2. The lowest BCUT2D eigenvalue weighted by atomic mass is 10.0. The zero-order valence-electron chi connectivity index (χ0n) is 10.1. The van der Waals surface area contributed by atoms with Crippen LogP contribution in [0.15, 0.2) is 30.3 Å². The monoisotopic (exact) mass is 232 g/mol. The van der Waals surface area contributed by atoms with Gasteiger partial charge in [0.15, 0.2) is 5.92 Å².